The second kappa shape index (κ2) is 10.0. The molecule has 2 N–H and O–H groups in total. The van der Waals surface area contributed by atoms with Crippen molar-refractivity contribution in [3.05, 3.63) is 36.0 Å². The summed E-state index contributed by atoms with van der Waals surface area (Å²) < 4.78 is 11.9. The highest BCUT2D eigenvalue weighted by Gasteiger charge is 2.19. The lowest BCUT2D eigenvalue weighted by atomic mass is 10.1. The Labute approximate surface area is 196 Å². The molecule has 0 spiro atoms. The van der Waals surface area contributed by atoms with Gasteiger partial charge in [0, 0.05) is 35.4 Å². The molecule has 0 radical (unpaired) electrons. The summed E-state index contributed by atoms with van der Waals surface area (Å²) in [4.78, 5) is 11.0. The fraction of sp³-hybridized carbons (Fsp3) is 0.519. The molecule has 1 aliphatic heterocycles. The molecular formula is C27H36N4O2. The molecule has 1 saturated heterocycles. The van der Waals surface area contributed by atoms with E-state index in [2.05, 4.69) is 46.4 Å². The summed E-state index contributed by atoms with van der Waals surface area (Å²) in [6.45, 7) is 6.30. The molecule has 2 aliphatic rings. The summed E-state index contributed by atoms with van der Waals surface area (Å²) in [6.07, 6.45) is 8.69. The van der Waals surface area contributed by atoms with Crippen molar-refractivity contribution < 1.29 is 9.47 Å². The van der Waals surface area contributed by atoms with Gasteiger partial charge >= 0.3 is 0 Å². The second-order valence-corrected chi connectivity index (χ2v) is 9.51. The summed E-state index contributed by atoms with van der Waals surface area (Å²) in [6, 6.07) is 11.0. The smallest absolute Gasteiger partial charge is 0.163 e. The van der Waals surface area contributed by atoms with E-state index >= 15 is 0 Å². The van der Waals surface area contributed by atoms with Gasteiger partial charge in [-0.25, -0.2) is 4.98 Å². The van der Waals surface area contributed by atoms with Crippen molar-refractivity contribution in [2.45, 2.75) is 57.9 Å². The molecule has 1 aromatic carbocycles. The number of fused-ring (bicyclic) bond motifs is 1. The van der Waals surface area contributed by atoms with E-state index in [1.165, 1.54) is 51.6 Å². The molecule has 2 fully saturated rings. The fourth-order valence-corrected chi connectivity index (χ4v) is 5.18. The standard InChI is InChI=1S/C27H36N4O2/c1-19-10-11-22(28-19)25-17-23(29-20-8-3-4-9-20)21-16-26(32-2)27(18-24(21)30-25)33-15-7-14-31-12-5-6-13-31/h10-11,16-18,20,28H,3-9,12-15H2,1-2H3,(H,29,30). The Morgan fingerprint density at radius 3 is 2.61 bits per heavy atom. The van der Waals surface area contributed by atoms with E-state index in [1.807, 2.05) is 6.07 Å². The average Bonchev–Trinajstić information content (AvgIpc) is 3.60. The highest BCUT2D eigenvalue weighted by atomic mass is 16.5. The third-order valence-corrected chi connectivity index (χ3v) is 6.99. The van der Waals surface area contributed by atoms with Gasteiger partial charge in [-0.15, -0.1) is 0 Å². The van der Waals surface area contributed by atoms with Crippen molar-refractivity contribution in [1.29, 1.82) is 0 Å². The highest BCUT2D eigenvalue weighted by molar-refractivity contribution is 5.96. The van der Waals surface area contributed by atoms with Crippen LogP contribution in [0.5, 0.6) is 11.5 Å². The zero-order valence-electron chi connectivity index (χ0n) is 20.0. The Bertz CT molecular complexity index is 1080. The Morgan fingerprint density at radius 2 is 1.88 bits per heavy atom. The van der Waals surface area contributed by atoms with Crippen LogP contribution >= 0.6 is 0 Å². The Hall–Kier alpha value is -2.73. The first-order chi connectivity index (χ1) is 16.2. The second-order valence-electron chi connectivity index (χ2n) is 9.51. The summed E-state index contributed by atoms with van der Waals surface area (Å²) in [5.41, 5.74) is 5.16. The predicted octanol–water partition coefficient (Wildman–Crippen LogP) is 5.77. The van der Waals surface area contributed by atoms with Gasteiger partial charge in [-0.05, 0) is 76.4 Å². The van der Waals surface area contributed by atoms with E-state index in [1.54, 1.807) is 7.11 Å². The van der Waals surface area contributed by atoms with E-state index in [4.69, 9.17) is 14.5 Å². The zero-order valence-corrected chi connectivity index (χ0v) is 20.0. The lowest BCUT2D eigenvalue weighted by Crippen LogP contribution is -2.21. The first-order valence-electron chi connectivity index (χ1n) is 12.5. The van der Waals surface area contributed by atoms with Gasteiger partial charge in [0.25, 0.3) is 0 Å². The van der Waals surface area contributed by atoms with E-state index < -0.39 is 0 Å². The summed E-state index contributed by atoms with van der Waals surface area (Å²) >= 11 is 0. The number of benzene rings is 1. The maximum absolute atomic E-state index is 6.20. The van der Waals surface area contributed by atoms with Crippen LogP contribution in [-0.2, 0) is 0 Å². The number of aryl methyl sites for hydroxylation is 1. The Morgan fingerprint density at radius 1 is 1.06 bits per heavy atom. The monoisotopic (exact) mass is 448 g/mol. The van der Waals surface area contributed by atoms with Crippen LogP contribution in [0.15, 0.2) is 30.3 Å². The number of methoxy groups -OCH3 is 1. The molecule has 0 unspecified atom stereocenters. The summed E-state index contributed by atoms with van der Waals surface area (Å²) in [7, 11) is 1.71. The minimum absolute atomic E-state index is 0.515. The van der Waals surface area contributed by atoms with Crippen LogP contribution in [-0.4, -0.2) is 54.3 Å². The van der Waals surface area contributed by atoms with E-state index in [-0.39, 0.29) is 0 Å². The van der Waals surface area contributed by atoms with Gasteiger partial charge < -0.3 is 24.7 Å². The Balaban J connectivity index is 1.44. The molecule has 1 aliphatic carbocycles. The van der Waals surface area contributed by atoms with Crippen LogP contribution in [0.25, 0.3) is 22.3 Å². The molecule has 0 amide bonds. The number of ether oxygens (including phenoxy) is 2. The number of nitrogens with zero attached hydrogens (tertiary/aromatic N) is 2. The van der Waals surface area contributed by atoms with E-state index in [0.29, 0.717) is 12.6 Å². The summed E-state index contributed by atoms with van der Waals surface area (Å²) in [5, 5.41) is 4.88. The lowest BCUT2D eigenvalue weighted by Gasteiger charge is -2.19. The minimum Gasteiger partial charge on any atom is -0.493 e. The lowest BCUT2D eigenvalue weighted by molar-refractivity contribution is 0.254. The first-order valence-corrected chi connectivity index (χ1v) is 12.5. The van der Waals surface area contributed by atoms with Gasteiger partial charge in [0.15, 0.2) is 11.5 Å². The normalized spacial score (nSPS) is 17.2. The third kappa shape index (κ3) is 5.11. The average molecular weight is 449 g/mol. The summed E-state index contributed by atoms with van der Waals surface area (Å²) in [5.74, 6) is 1.54. The molecule has 1 saturated carbocycles. The number of anilines is 1. The van der Waals surface area contributed by atoms with Gasteiger partial charge in [0.05, 0.1) is 30.6 Å². The molecule has 176 valence electrons. The Kier molecular flexibility index (Phi) is 6.72. The molecule has 5 rings (SSSR count). The fourth-order valence-electron chi connectivity index (χ4n) is 5.18. The first kappa shape index (κ1) is 22.1. The number of aromatic amines is 1. The van der Waals surface area contributed by atoms with Gasteiger partial charge in [-0.2, -0.15) is 0 Å². The van der Waals surface area contributed by atoms with Crippen LogP contribution in [0.2, 0.25) is 0 Å². The molecule has 6 nitrogen and oxygen atoms in total. The van der Waals surface area contributed by atoms with Crippen LogP contribution in [0.1, 0.15) is 50.6 Å². The van der Waals surface area contributed by atoms with Crippen molar-refractivity contribution in [2.75, 3.05) is 38.7 Å². The predicted molar refractivity (Wildman–Crippen MR) is 134 cm³/mol. The maximum atomic E-state index is 6.20. The van der Waals surface area contributed by atoms with Crippen molar-refractivity contribution in [3.63, 3.8) is 0 Å². The number of nitrogens with one attached hydrogen (secondary N) is 2. The molecular weight excluding hydrogens is 412 g/mol. The molecule has 2 aromatic heterocycles. The molecule has 3 heterocycles. The van der Waals surface area contributed by atoms with Crippen LogP contribution < -0.4 is 14.8 Å². The number of hydrogen-bond donors (Lipinski definition) is 2. The molecule has 33 heavy (non-hydrogen) atoms. The number of H-pyrrole nitrogens is 1. The topological polar surface area (TPSA) is 62.4 Å². The minimum atomic E-state index is 0.515. The van der Waals surface area contributed by atoms with Crippen LogP contribution in [0, 0.1) is 6.92 Å². The zero-order chi connectivity index (χ0) is 22.6. The van der Waals surface area contributed by atoms with Gasteiger partial charge in [-0.1, -0.05) is 12.8 Å². The number of aromatic nitrogens is 2. The number of pyridine rings is 1. The van der Waals surface area contributed by atoms with Crippen molar-refractivity contribution in [1.82, 2.24) is 14.9 Å². The molecule has 6 heteroatoms. The quantitative estimate of drug-likeness (QED) is 0.407. The van der Waals surface area contributed by atoms with Crippen molar-refractivity contribution in [3.8, 4) is 22.9 Å². The maximum Gasteiger partial charge on any atom is 0.163 e. The van der Waals surface area contributed by atoms with Gasteiger partial charge in [-0.3, -0.25) is 0 Å². The molecule has 0 atom stereocenters. The number of likely N-dealkylation sites (tertiary alicyclic amines) is 1. The largest absolute Gasteiger partial charge is 0.493 e. The highest BCUT2D eigenvalue weighted by Crippen LogP contribution is 2.38. The van der Waals surface area contributed by atoms with Crippen molar-refractivity contribution >= 4 is 16.6 Å². The van der Waals surface area contributed by atoms with E-state index in [9.17, 15) is 0 Å². The van der Waals surface area contributed by atoms with Crippen molar-refractivity contribution in [2.24, 2.45) is 0 Å². The molecule has 0 bridgehead atoms. The SMILES string of the molecule is COc1cc2c(NC3CCCC3)cc(-c3ccc(C)[nH]3)nc2cc1OCCCN1CCCC1. The third-order valence-electron chi connectivity index (χ3n) is 6.99. The van der Waals surface area contributed by atoms with Crippen LogP contribution in [0.3, 0.4) is 0 Å². The molecule has 3 aromatic rings. The van der Waals surface area contributed by atoms with E-state index in [0.717, 1.165) is 58.1 Å². The van der Waals surface area contributed by atoms with Crippen LogP contribution in [0.4, 0.5) is 5.69 Å². The van der Waals surface area contributed by atoms with Gasteiger partial charge in [0.2, 0.25) is 0 Å². The number of rotatable bonds is 9. The van der Waals surface area contributed by atoms with Gasteiger partial charge in [0.1, 0.15) is 0 Å². The number of hydrogen-bond acceptors (Lipinski definition) is 5.